The molecular weight excluding hydrogens is 483 g/mol. The van der Waals surface area contributed by atoms with Crippen molar-refractivity contribution < 1.29 is 39.8 Å². The van der Waals surface area contributed by atoms with Gasteiger partial charge in [-0.05, 0) is 41.5 Å². The SMILES string of the molecule is COc1ncc(-c2cccc(OCc3cccc(C(F)(F)F)c3)c2)cc1NS(=O)(=O)CC(F)F. The van der Waals surface area contributed by atoms with Crippen LogP contribution < -0.4 is 14.2 Å². The summed E-state index contributed by atoms with van der Waals surface area (Å²) in [7, 11) is -3.11. The van der Waals surface area contributed by atoms with Crippen LogP contribution in [0.2, 0.25) is 0 Å². The molecule has 0 saturated heterocycles. The number of benzene rings is 2. The zero-order valence-electron chi connectivity index (χ0n) is 17.6. The average Bonchev–Trinajstić information content (AvgIpc) is 2.76. The first kappa shape index (κ1) is 25.2. The molecule has 0 unspecified atom stereocenters. The maximum absolute atomic E-state index is 12.9. The normalized spacial score (nSPS) is 12.0. The van der Waals surface area contributed by atoms with Crippen molar-refractivity contribution in [1.29, 1.82) is 0 Å². The summed E-state index contributed by atoms with van der Waals surface area (Å²) in [5.74, 6) is -1.16. The number of methoxy groups -OCH3 is 1. The Kier molecular flexibility index (Phi) is 7.60. The highest BCUT2D eigenvalue weighted by Crippen LogP contribution is 2.32. The molecule has 1 aromatic heterocycles. The third-order valence-electron chi connectivity index (χ3n) is 4.48. The van der Waals surface area contributed by atoms with Gasteiger partial charge >= 0.3 is 6.18 Å². The van der Waals surface area contributed by atoms with Gasteiger partial charge in [0.05, 0.1) is 12.7 Å². The number of nitrogens with one attached hydrogen (secondary N) is 1. The standard InChI is InChI=1S/C22H19F5N2O4S/c1-32-21-19(29-34(30,31)13-20(23)24)10-16(11-28-21)15-5-3-7-18(9-15)33-12-14-4-2-6-17(8-14)22(25,26)27/h2-11,20,29H,12-13H2,1H3. The highest BCUT2D eigenvalue weighted by atomic mass is 32.2. The Morgan fingerprint density at radius 1 is 1.03 bits per heavy atom. The third-order valence-corrected chi connectivity index (χ3v) is 5.70. The number of hydrogen-bond donors (Lipinski definition) is 1. The second-order valence-electron chi connectivity index (χ2n) is 7.07. The van der Waals surface area contributed by atoms with Gasteiger partial charge in [0.15, 0.2) is 0 Å². The van der Waals surface area contributed by atoms with Crippen LogP contribution in [0.3, 0.4) is 0 Å². The van der Waals surface area contributed by atoms with E-state index in [-0.39, 0.29) is 18.2 Å². The molecule has 1 N–H and O–H groups in total. The Balaban J connectivity index is 1.81. The van der Waals surface area contributed by atoms with Crippen LogP contribution in [0.5, 0.6) is 11.6 Å². The van der Waals surface area contributed by atoms with E-state index >= 15 is 0 Å². The molecule has 6 nitrogen and oxygen atoms in total. The van der Waals surface area contributed by atoms with E-state index in [2.05, 4.69) is 4.98 Å². The van der Waals surface area contributed by atoms with E-state index in [0.29, 0.717) is 22.4 Å². The van der Waals surface area contributed by atoms with E-state index in [1.807, 2.05) is 4.72 Å². The Labute approximate surface area is 192 Å². The number of pyridine rings is 1. The summed E-state index contributed by atoms with van der Waals surface area (Å²) in [5, 5.41) is 0. The predicted molar refractivity (Wildman–Crippen MR) is 115 cm³/mol. The largest absolute Gasteiger partial charge is 0.489 e. The number of aromatic nitrogens is 1. The van der Waals surface area contributed by atoms with Gasteiger partial charge in [-0.1, -0.05) is 24.3 Å². The molecule has 0 aliphatic carbocycles. The first-order chi connectivity index (χ1) is 16.0. The Morgan fingerprint density at radius 3 is 2.44 bits per heavy atom. The third kappa shape index (κ3) is 6.80. The van der Waals surface area contributed by atoms with Crippen LogP contribution in [0.4, 0.5) is 27.6 Å². The highest BCUT2D eigenvalue weighted by Gasteiger charge is 2.30. The maximum Gasteiger partial charge on any atom is 0.416 e. The number of ether oxygens (including phenoxy) is 2. The summed E-state index contributed by atoms with van der Waals surface area (Å²) in [5.41, 5.74) is 0.359. The predicted octanol–water partition coefficient (Wildman–Crippen LogP) is 5.36. The number of nitrogens with zero attached hydrogens (tertiary/aromatic N) is 1. The summed E-state index contributed by atoms with van der Waals surface area (Å²) >= 11 is 0. The van der Waals surface area contributed by atoms with Crippen molar-refractivity contribution >= 4 is 15.7 Å². The van der Waals surface area contributed by atoms with E-state index in [1.54, 1.807) is 24.3 Å². The van der Waals surface area contributed by atoms with Crippen LogP contribution in [-0.4, -0.2) is 32.7 Å². The minimum atomic E-state index is -4.47. The molecule has 0 aliphatic heterocycles. The molecule has 3 aromatic rings. The van der Waals surface area contributed by atoms with Gasteiger partial charge in [-0.3, -0.25) is 4.72 Å². The van der Waals surface area contributed by atoms with Gasteiger partial charge < -0.3 is 9.47 Å². The maximum atomic E-state index is 12.9. The van der Waals surface area contributed by atoms with Gasteiger partial charge in [0, 0.05) is 11.8 Å². The second-order valence-corrected chi connectivity index (χ2v) is 8.84. The van der Waals surface area contributed by atoms with E-state index in [1.165, 1.54) is 31.5 Å². The van der Waals surface area contributed by atoms with Crippen molar-refractivity contribution in [3.8, 4) is 22.8 Å². The lowest BCUT2D eigenvalue weighted by Gasteiger charge is -2.13. The smallest absolute Gasteiger partial charge is 0.416 e. The molecule has 34 heavy (non-hydrogen) atoms. The van der Waals surface area contributed by atoms with Gasteiger partial charge in [0.25, 0.3) is 6.43 Å². The van der Waals surface area contributed by atoms with Gasteiger partial charge in [-0.25, -0.2) is 22.2 Å². The fourth-order valence-corrected chi connectivity index (χ4v) is 3.89. The van der Waals surface area contributed by atoms with Crippen molar-refractivity contribution in [2.24, 2.45) is 0 Å². The first-order valence-corrected chi connectivity index (χ1v) is 11.3. The zero-order valence-corrected chi connectivity index (χ0v) is 18.5. The molecule has 3 rings (SSSR count). The van der Waals surface area contributed by atoms with E-state index in [4.69, 9.17) is 9.47 Å². The lowest BCUT2D eigenvalue weighted by molar-refractivity contribution is -0.137. The number of hydrogen-bond acceptors (Lipinski definition) is 5. The highest BCUT2D eigenvalue weighted by molar-refractivity contribution is 7.92. The molecule has 0 spiro atoms. The van der Waals surface area contributed by atoms with E-state index in [9.17, 15) is 30.4 Å². The van der Waals surface area contributed by atoms with Crippen LogP contribution in [-0.2, 0) is 22.8 Å². The summed E-state index contributed by atoms with van der Waals surface area (Å²) in [6.45, 7) is -0.118. The molecule has 0 fully saturated rings. The second kappa shape index (κ2) is 10.2. The van der Waals surface area contributed by atoms with Crippen LogP contribution in [0.25, 0.3) is 11.1 Å². The number of alkyl halides is 5. The molecule has 182 valence electrons. The van der Waals surface area contributed by atoms with Crippen molar-refractivity contribution in [2.75, 3.05) is 17.6 Å². The lowest BCUT2D eigenvalue weighted by atomic mass is 10.1. The fourth-order valence-electron chi connectivity index (χ4n) is 2.99. The molecule has 2 aromatic carbocycles. The van der Waals surface area contributed by atoms with E-state index in [0.717, 1.165) is 12.1 Å². The number of halogens is 5. The first-order valence-electron chi connectivity index (χ1n) is 9.69. The zero-order chi connectivity index (χ0) is 24.9. The monoisotopic (exact) mass is 502 g/mol. The van der Waals surface area contributed by atoms with Gasteiger partial charge in [-0.2, -0.15) is 13.2 Å². The molecule has 0 amide bonds. The topological polar surface area (TPSA) is 77.5 Å². The van der Waals surface area contributed by atoms with Crippen molar-refractivity contribution in [2.45, 2.75) is 19.2 Å². The molecule has 0 atom stereocenters. The van der Waals surface area contributed by atoms with Gasteiger partial charge in [-0.15, -0.1) is 0 Å². The molecule has 0 radical (unpaired) electrons. The Bertz CT molecular complexity index is 1250. The summed E-state index contributed by atoms with van der Waals surface area (Å²) in [6.07, 6.45) is -6.15. The van der Waals surface area contributed by atoms with Crippen molar-refractivity contribution in [3.05, 3.63) is 71.9 Å². The minimum Gasteiger partial charge on any atom is -0.489 e. The minimum absolute atomic E-state index is 0.112. The lowest BCUT2D eigenvalue weighted by Crippen LogP contribution is -2.21. The van der Waals surface area contributed by atoms with Crippen LogP contribution in [0.1, 0.15) is 11.1 Å². The summed E-state index contributed by atoms with van der Waals surface area (Å²) in [6, 6.07) is 12.6. The molecule has 0 saturated carbocycles. The van der Waals surface area contributed by atoms with Gasteiger partial charge in [0.2, 0.25) is 15.9 Å². The molecule has 1 heterocycles. The quantitative estimate of drug-likeness (QED) is 0.399. The van der Waals surface area contributed by atoms with Gasteiger partial charge in [0.1, 0.15) is 23.8 Å². The Morgan fingerprint density at radius 2 is 1.76 bits per heavy atom. The average molecular weight is 502 g/mol. The van der Waals surface area contributed by atoms with E-state index < -0.39 is 33.9 Å². The molecular formula is C22H19F5N2O4S. The fraction of sp³-hybridized carbons (Fsp3) is 0.227. The Hall–Kier alpha value is -3.41. The van der Waals surface area contributed by atoms with Crippen molar-refractivity contribution in [1.82, 2.24) is 4.98 Å². The summed E-state index contributed by atoms with van der Waals surface area (Å²) < 4.78 is 100. The number of sulfonamides is 1. The van der Waals surface area contributed by atoms with Crippen LogP contribution in [0, 0.1) is 0 Å². The molecule has 12 heteroatoms. The number of anilines is 1. The molecule has 0 aliphatic rings. The molecule has 0 bridgehead atoms. The number of rotatable bonds is 9. The van der Waals surface area contributed by atoms with Crippen LogP contribution >= 0.6 is 0 Å². The van der Waals surface area contributed by atoms with Crippen molar-refractivity contribution in [3.63, 3.8) is 0 Å². The summed E-state index contributed by atoms with van der Waals surface area (Å²) in [4.78, 5) is 4.01. The van der Waals surface area contributed by atoms with Crippen LogP contribution in [0.15, 0.2) is 60.8 Å².